The van der Waals surface area contributed by atoms with E-state index in [0.717, 1.165) is 6.42 Å². The molecule has 0 amide bonds. The van der Waals surface area contributed by atoms with Gasteiger partial charge in [0.1, 0.15) is 0 Å². The van der Waals surface area contributed by atoms with E-state index >= 15 is 0 Å². The van der Waals surface area contributed by atoms with Gasteiger partial charge >= 0.3 is 0 Å². The SMILES string of the molecule is C=C(c1ccc(SCC(C)(CC)CC)cc1)C(CC)c1ccc(C(C)C)cc1. The van der Waals surface area contributed by atoms with Crippen molar-refractivity contribution in [2.75, 3.05) is 5.75 Å². The number of hydrogen-bond donors (Lipinski definition) is 0. The fraction of sp³-hybridized carbons (Fsp3) is 0.481. The third kappa shape index (κ3) is 5.77. The van der Waals surface area contributed by atoms with Crippen LogP contribution in [0.15, 0.2) is 60.0 Å². The molecule has 2 aromatic carbocycles. The van der Waals surface area contributed by atoms with Crippen LogP contribution in [0.3, 0.4) is 0 Å². The fourth-order valence-corrected chi connectivity index (χ4v) is 4.73. The Morgan fingerprint density at radius 2 is 1.43 bits per heavy atom. The molecule has 0 N–H and O–H groups in total. The first-order valence-corrected chi connectivity index (χ1v) is 11.8. The van der Waals surface area contributed by atoms with Crippen LogP contribution >= 0.6 is 11.8 Å². The van der Waals surface area contributed by atoms with E-state index in [9.17, 15) is 0 Å². The van der Waals surface area contributed by atoms with Crippen molar-refractivity contribution in [2.24, 2.45) is 5.41 Å². The predicted octanol–water partition coefficient (Wildman–Crippen LogP) is 8.94. The summed E-state index contributed by atoms with van der Waals surface area (Å²) in [6.45, 7) is 18.2. The Labute approximate surface area is 177 Å². The summed E-state index contributed by atoms with van der Waals surface area (Å²) in [6, 6.07) is 18.2. The molecule has 0 nitrogen and oxygen atoms in total. The second-order valence-corrected chi connectivity index (χ2v) is 9.69. The van der Waals surface area contributed by atoms with E-state index < -0.39 is 0 Å². The maximum Gasteiger partial charge on any atom is 0.00867 e. The van der Waals surface area contributed by atoms with Crippen molar-refractivity contribution in [3.05, 3.63) is 71.8 Å². The minimum Gasteiger partial charge on any atom is -0.126 e. The van der Waals surface area contributed by atoms with Crippen molar-refractivity contribution in [2.45, 2.75) is 77.5 Å². The van der Waals surface area contributed by atoms with Crippen LogP contribution in [0.25, 0.3) is 5.57 Å². The largest absolute Gasteiger partial charge is 0.126 e. The quantitative estimate of drug-likeness (QED) is 0.362. The topological polar surface area (TPSA) is 0 Å². The van der Waals surface area contributed by atoms with Crippen molar-refractivity contribution in [1.82, 2.24) is 0 Å². The number of hydrogen-bond acceptors (Lipinski definition) is 1. The molecule has 1 unspecified atom stereocenters. The number of allylic oxidation sites excluding steroid dienone is 1. The Kier molecular flexibility index (Phi) is 8.43. The molecule has 0 aliphatic heterocycles. The zero-order valence-electron chi connectivity index (χ0n) is 18.7. The van der Waals surface area contributed by atoms with Crippen LogP contribution in [-0.4, -0.2) is 5.75 Å². The number of thioether (sulfide) groups is 1. The molecule has 2 aromatic rings. The first-order chi connectivity index (χ1) is 13.3. The Hall–Kier alpha value is -1.47. The predicted molar refractivity (Wildman–Crippen MR) is 128 cm³/mol. The first kappa shape index (κ1) is 22.8. The highest BCUT2D eigenvalue weighted by molar-refractivity contribution is 7.99. The average molecular weight is 395 g/mol. The summed E-state index contributed by atoms with van der Waals surface area (Å²) in [4.78, 5) is 1.36. The molecule has 0 aliphatic carbocycles. The summed E-state index contributed by atoms with van der Waals surface area (Å²) >= 11 is 1.98. The lowest BCUT2D eigenvalue weighted by Gasteiger charge is -2.26. The standard InChI is InChI=1S/C27H38S/c1-8-26(24-13-11-22(12-14-24)20(4)5)21(6)23-15-17-25(18-16-23)28-19-27(7,9-2)10-3/h11-18,20,26H,6,8-10,19H2,1-5,7H3. The van der Waals surface area contributed by atoms with E-state index in [1.165, 1.54) is 45.8 Å². The maximum absolute atomic E-state index is 4.46. The molecule has 0 spiro atoms. The summed E-state index contributed by atoms with van der Waals surface area (Å²) in [5, 5.41) is 0. The van der Waals surface area contributed by atoms with Crippen LogP contribution in [0.1, 0.15) is 89.3 Å². The van der Waals surface area contributed by atoms with E-state index in [1.54, 1.807) is 0 Å². The number of benzene rings is 2. The zero-order chi connectivity index (χ0) is 20.7. The van der Waals surface area contributed by atoms with E-state index in [4.69, 9.17) is 0 Å². The zero-order valence-corrected chi connectivity index (χ0v) is 19.5. The highest BCUT2D eigenvalue weighted by atomic mass is 32.2. The van der Waals surface area contributed by atoms with Gasteiger partial charge in [-0.15, -0.1) is 11.8 Å². The maximum atomic E-state index is 4.46. The molecule has 0 fully saturated rings. The van der Waals surface area contributed by atoms with Gasteiger partial charge in [-0.2, -0.15) is 0 Å². The van der Waals surface area contributed by atoms with Crippen molar-refractivity contribution in [1.29, 1.82) is 0 Å². The molecule has 1 heteroatoms. The fourth-order valence-electron chi connectivity index (χ4n) is 3.47. The van der Waals surface area contributed by atoms with Crippen LogP contribution in [0.2, 0.25) is 0 Å². The van der Waals surface area contributed by atoms with Crippen molar-refractivity contribution in [3.8, 4) is 0 Å². The Balaban J connectivity index is 2.09. The second-order valence-electron chi connectivity index (χ2n) is 8.64. The van der Waals surface area contributed by atoms with Gasteiger partial charge in [-0.3, -0.25) is 0 Å². The summed E-state index contributed by atoms with van der Waals surface area (Å²) in [7, 11) is 0. The Morgan fingerprint density at radius 3 is 1.89 bits per heavy atom. The first-order valence-electron chi connectivity index (χ1n) is 10.9. The van der Waals surface area contributed by atoms with Crippen molar-refractivity contribution < 1.29 is 0 Å². The van der Waals surface area contributed by atoms with Gasteiger partial charge in [0.05, 0.1) is 0 Å². The molecule has 2 rings (SSSR count). The molecule has 0 saturated carbocycles. The Bertz CT molecular complexity index is 733. The number of rotatable bonds is 10. The molecule has 0 bridgehead atoms. The third-order valence-electron chi connectivity index (χ3n) is 6.35. The molecule has 0 radical (unpaired) electrons. The van der Waals surface area contributed by atoms with Crippen LogP contribution < -0.4 is 0 Å². The van der Waals surface area contributed by atoms with Crippen LogP contribution in [0.4, 0.5) is 0 Å². The van der Waals surface area contributed by atoms with E-state index in [-0.39, 0.29) is 0 Å². The molecule has 28 heavy (non-hydrogen) atoms. The molecule has 0 saturated heterocycles. The molecule has 1 atom stereocenters. The lowest BCUT2D eigenvalue weighted by atomic mass is 9.85. The van der Waals surface area contributed by atoms with Gasteiger partial charge < -0.3 is 0 Å². The molecule has 0 aromatic heterocycles. The second kappa shape index (κ2) is 10.3. The minimum atomic E-state index is 0.378. The van der Waals surface area contributed by atoms with Crippen LogP contribution in [0.5, 0.6) is 0 Å². The normalized spacial score (nSPS) is 13.0. The van der Waals surface area contributed by atoms with Gasteiger partial charge in [0.2, 0.25) is 0 Å². The lowest BCUT2D eigenvalue weighted by molar-refractivity contribution is 0.347. The van der Waals surface area contributed by atoms with Gasteiger partial charge in [-0.25, -0.2) is 0 Å². The van der Waals surface area contributed by atoms with Crippen molar-refractivity contribution >= 4 is 17.3 Å². The lowest BCUT2D eigenvalue weighted by Crippen LogP contribution is -2.16. The monoisotopic (exact) mass is 394 g/mol. The highest BCUT2D eigenvalue weighted by Crippen LogP contribution is 2.36. The molecular formula is C27H38S. The molecule has 0 aliphatic rings. The van der Waals surface area contributed by atoms with Gasteiger partial charge in [0.25, 0.3) is 0 Å². The third-order valence-corrected chi connectivity index (χ3v) is 7.80. The van der Waals surface area contributed by atoms with Gasteiger partial charge in [0.15, 0.2) is 0 Å². The van der Waals surface area contributed by atoms with Gasteiger partial charge in [0, 0.05) is 16.6 Å². The minimum absolute atomic E-state index is 0.378. The molecule has 152 valence electrons. The van der Waals surface area contributed by atoms with Crippen molar-refractivity contribution in [3.63, 3.8) is 0 Å². The van der Waals surface area contributed by atoms with E-state index in [0.29, 0.717) is 17.3 Å². The van der Waals surface area contributed by atoms with E-state index in [2.05, 4.69) is 96.7 Å². The Morgan fingerprint density at radius 1 is 0.893 bits per heavy atom. The summed E-state index contributed by atoms with van der Waals surface area (Å²) in [5.74, 6) is 2.13. The highest BCUT2D eigenvalue weighted by Gasteiger charge is 2.20. The summed E-state index contributed by atoms with van der Waals surface area (Å²) in [5.41, 5.74) is 5.69. The molecular weight excluding hydrogens is 356 g/mol. The van der Waals surface area contributed by atoms with Crippen LogP contribution in [0, 0.1) is 5.41 Å². The van der Waals surface area contributed by atoms with Crippen LogP contribution in [-0.2, 0) is 0 Å². The smallest absolute Gasteiger partial charge is 0.00867 e. The van der Waals surface area contributed by atoms with Gasteiger partial charge in [-0.05, 0) is 65.0 Å². The summed E-state index contributed by atoms with van der Waals surface area (Å²) in [6.07, 6.45) is 3.54. The summed E-state index contributed by atoms with van der Waals surface area (Å²) < 4.78 is 0. The van der Waals surface area contributed by atoms with E-state index in [1.807, 2.05) is 11.8 Å². The molecule has 0 heterocycles. The van der Waals surface area contributed by atoms with Gasteiger partial charge in [-0.1, -0.05) is 84.5 Å². The average Bonchev–Trinajstić information content (AvgIpc) is 2.73.